The lowest BCUT2D eigenvalue weighted by atomic mass is 9.73. The van der Waals surface area contributed by atoms with Crippen LogP contribution in [0.25, 0.3) is 0 Å². The van der Waals surface area contributed by atoms with Crippen LogP contribution in [-0.4, -0.2) is 32.0 Å². The normalized spacial score (nSPS) is 18.7. The van der Waals surface area contributed by atoms with Crippen LogP contribution < -0.4 is 16.4 Å². The van der Waals surface area contributed by atoms with Crippen LogP contribution in [0.3, 0.4) is 0 Å². The van der Waals surface area contributed by atoms with Crippen LogP contribution in [0.2, 0.25) is 0 Å². The molecule has 0 aromatic carbocycles. The van der Waals surface area contributed by atoms with Gasteiger partial charge in [-0.05, 0) is 26.7 Å². The highest BCUT2D eigenvalue weighted by molar-refractivity contribution is 5.85. The highest BCUT2D eigenvalue weighted by Gasteiger charge is 2.39. The van der Waals surface area contributed by atoms with Crippen LogP contribution >= 0.6 is 0 Å². The number of carbonyl (C=O) groups excluding carboxylic acids is 2. The van der Waals surface area contributed by atoms with Crippen molar-refractivity contribution in [2.24, 2.45) is 16.6 Å². The molecule has 0 aliphatic heterocycles. The molecule has 1 saturated carbocycles. The highest BCUT2D eigenvalue weighted by Crippen LogP contribution is 2.35. The Morgan fingerprint density at radius 2 is 1.79 bits per heavy atom. The minimum Gasteiger partial charge on any atom is -0.359 e. The Morgan fingerprint density at radius 3 is 2.26 bits per heavy atom. The third kappa shape index (κ3) is 3.69. The van der Waals surface area contributed by atoms with E-state index in [1.807, 2.05) is 13.8 Å². The summed E-state index contributed by atoms with van der Waals surface area (Å²) in [4.78, 5) is 24.1. The van der Waals surface area contributed by atoms with E-state index >= 15 is 0 Å². The molecule has 5 heteroatoms. The molecule has 0 atom stereocenters. The molecular formula is C14H27N3O2. The van der Waals surface area contributed by atoms with Gasteiger partial charge in [-0.3, -0.25) is 9.59 Å². The maximum atomic E-state index is 12.4. The summed E-state index contributed by atoms with van der Waals surface area (Å²) in [6, 6.07) is 0. The fourth-order valence-corrected chi connectivity index (χ4v) is 2.66. The summed E-state index contributed by atoms with van der Waals surface area (Å²) in [7, 11) is 1.61. The molecule has 0 bridgehead atoms. The molecule has 0 aromatic heterocycles. The highest BCUT2D eigenvalue weighted by atomic mass is 16.2. The number of carbonyl (C=O) groups is 2. The standard InChI is InChI=1S/C14H27N3O2/c1-13(2,11(18)16-3)10-17-12(19)14(9-15)7-5-4-6-8-14/h4-10,15H2,1-3H3,(H,16,18)(H,17,19). The average molecular weight is 269 g/mol. The first-order valence-electron chi connectivity index (χ1n) is 7.08. The minimum absolute atomic E-state index is 0.00618. The van der Waals surface area contributed by atoms with Gasteiger partial charge in [-0.1, -0.05) is 19.3 Å². The van der Waals surface area contributed by atoms with Crippen molar-refractivity contribution in [3.05, 3.63) is 0 Å². The molecule has 5 nitrogen and oxygen atoms in total. The van der Waals surface area contributed by atoms with Crippen LogP contribution in [0.4, 0.5) is 0 Å². The largest absolute Gasteiger partial charge is 0.359 e. The summed E-state index contributed by atoms with van der Waals surface area (Å²) in [6.45, 7) is 4.37. The van der Waals surface area contributed by atoms with Crippen LogP contribution in [0.5, 0.6) is 0 Å². The Morgan fingerprint density at radius 1 is 1.21 bits per heavy atom. The molecule has 19 heavy (non-hydrogen) atoms. The second kappa shape index (κ2) is 6.37. The Bertz CT molecular complexity index is 334. The molecule has 1 aliphatic carbocycles. The fourth-order valence-electron chi connectivity index (χ4n) is 2.66. The Kier molecular flexibility index (Phi) is 5.35. The zero-order valence-electron chi connectivity index (χ0n) is 12.3. The van der Waals surface area contributed by atoms with E-state index in [0.717, 1.165) is 25.7 Å². The number of nitrogens with two attached hydrogens (primary N) is 1. The molecule has 0 spiro atoms. The maximum absolute atomic E-state index is 12.4. The Balaban J connectivity index is 2.61. The molecule has 0 aromatic rings. The number of rotatable bonds is 5. The maximum Gasteiger partial charge on any atom is 0.227 e. The topological polar surface area (TPSA) is 84.2 Å². The number of nitrogens with one attached hydrogen (secondary N) is 2. The third-order valence-electron chi connectivity index (χ3n) is 4.22. The van der Waals surface area contributed by atoms with Crippen molar-refractivity contribution in [1.82, 2.24) is 10.6 Å². The van der Waals surface area contributed by atoms with Crippen molar-refractivity contribution < 1.29 is 9.59 Å². The lowest BCUT2D eigenvalue weighted by Crippen LogP contribution is -2.51. The molecule has 1 rings (SSSR count). The van der Waals surface area contributed by atoms with Crippen molar-refractivity contribution in [3.8, 4) is 0 Å². The summed E-state index contributed by atoms with van der Waals surface area (Å²) in [5.41, 5.74) is 4.80. The minimum atomic E-state index is -0.602. The van der Waals surface area contributed by atoms with Gasteiger partial charge < -0.3 is 16.4 Å². The molecule has 1 aliphatic rings. The first kappa shape index (κ1) is 16.0. The van der Waals surface area contributed by atoms with Crippen molar-refractivity contribution in [1.29, 1.82) is 0 Å². The molecule has 4 N–H and O–H groups in total. The predicted octanol–water partition coefficient (Wildman–Crippen LogP) is 0.784. The van der Waals surface area contributed by atoms with Gasteiger partial charge in [0.2, 0.25) is 11.8 Å². The lowest BCUT2D eigenvalue weighted by molar-refractivity contribution is -0.134. The first-order valence-corrected chi connectivity index (χ1v) is 7.08. The fraction of sp³-hybridized carbons (Fsp3) is 0.857. The van der Waals surface area contributed by atoms with Crippen molar-refractivity contribution >= 4 is 11.8 Å². The Hall–Kier alpha value is -1.10. The van der Waals surface area contributed by atoms with E-state index in [4.69, 9.17) is 5.73 Å². The summed E-state index contributed by atoms with van der Waals surface area (Å²) in [5.74, 6) is -0.0649. The van der Waals surface area contributed by atoms with Gasteiger partial charge in [0.05, 0.1) is 10.8 Å². The van der Waals surface area contributed by atoms with E-state index in [9.17, 15) is 9.59 Å². The zero-order chi connectivity index (χ0) is 14.5. The van der Waals surface area contributed by atoms with E-state index < -0.39 is 10.8 Å². The Labute approximate surface area is 115 Å². The number of amides is 2. The molecule has 2 amide bonds. The van der Waals surface area contributed by atoms with Gasteiger partial charge in [-0.25, -0.2) is 0 Å². The van der Waals surface area contributed by atoms with Gasteiger partial charge >= 0.3 is 0 Å². The summed E-state index contributed by atoms with van der Waals surface area (Å²) >= 11 is 0. The van der Waals surface area contributed by atoms with Gasteiger partial charge in [0.15, 0.2) is 0 Å². The van der Waals surface area contributed by atoms with Gasteiger partial charge in [0.1, 0.15) is 0 Å². The SMILES string of the molecule is CNC(=O)C(C)(C)CNC(=O)C1(CN)CCCCC1. The average Bonchev–Trinajstić information content (AvgIpc) is 2.44. The van der Waals surface area contributed by atoms with E-state index in [2.05, 4.69) is 10.6 Å². The van der Waals surface area contributed by atoms with Crippen LogP contribution in [0.1, 0.15) is 46.0 Å². The second-order valence-corrected chi connectivity index (χ2v) is 6.19. The summed E-state index contributed by atoms with van der Waals surface area (Å²) in [6.07, 6.45) is 5.01. The molecule has 0 heterocycles. The van der Waals surface area contributed by atoms with Crippen LogP contribution in [-0.2, 0) is 9.59 Å². The van der Waals surface area contributed by atoms with Crippen LogP contribution in [0.15, 0.2) is 0 Å². The predicted molar refractivity (Wildman–Crippen MR) is 75.4 cm³/mol. The molecular weight excluding hydrogens is 242 g/mol. The van der Waals surface area contributed by atoms with Crippen molar-refractivity contribution in [2.75, 3.05) is 20.1 Å². The molecule has 1 fully saturated rings. The quantitative estimate of drug-likeness (QED) is 0.689. The van der Waals surface area contributed by atoms with Gasteiger partial charge in [0, 0.05) is 20.1 Å². The van der Waals surface area contributed by atoms with Gasteiger partial charge in [0.25, 0.3) is 0 Å². The van der Waals surface area contributed by atoms with Crippen molar-refractivity contribution in [2.45, 2.75) is 46.0 Å². The van der Waals surface area contributed by atoms with E-state index in [0.29, 0.717) is 13.1 Å². The number of hydrogen-bond donors (Lipinski definition) is 3. The summed E-state index contributed by atoms with van der Waals surface area (Å²) in [5, 5.41) is 5.54. The zero-order valence-corrected chi connectivity index (χ0v) is 12.3. The third-order valence-corrected chi connectivity index (χ3v) is 4.22. The summed E-state index contributed by atoms with van der Waals surface area (Å²) < 4.78 is 0. The molecule has 110 valence electrons. The monoisotopic (exact) mass is 269 g/mol. The van der Waals surface area contributed by atoms with E-state index in [-0.39, 0.29) is 11.8 Å². The van der Waals surface area contributed by atoms with Crippen LogP contribution in [0, 0.1) is 10.8 Å². The molecule has 0 saturated heterocycles. The molecule has 0 radical (unpaired) electrons. The van der Waals surface area contributed by atoms with Gasteiger partial charge in [-0.15, -0.1) is 0 Å². The van der Waals surface area contributed by atoms with E-state index in [1.54, 1.807) is 7.05 Å². The first-order chi connectivity index (χ1) is 8.88. The number of hydrogen-bond acceptors (Lipinski definition) is 3. The second-order valence-electron chi connectivity index (χ2n) is 6.19. The lowest BCUT2D eigenvalue weighted by Gasteiger charge is -2.35. The van der Waals surface area contributed by atoms with Gasteiger partial charge in [-0.2, -0.15) is 0 Å². The van der Waals surface area contributed by atoms with Crippen molar-refractivity contribution in [3.63, 3.8) is 0 Å². The molecule has 0 unspecified atom stereocenters. The smallest absolute Gasteiger partial charge is 0.227 e. The van der Waals surface area contributed by atoms with E-state index in [1.165, 1.54) is 6.42 Å².